The van der Waals surface area contributed by atoms with Gasteiger partial charge < -0.3 is 5.73 Å². The average molecular weight is 210 g/mol. The zero-order valence-electron chi connectivity index (χ0n) is 6.74. The maximum atomic E-state index is 12.3. The fraction of sp³-hybridized carbons (Fsp3) is 0.250. The van der Waals surface area contributed by atoms with Gasteiger partial charge in [0.2, 0.25) is 0 Å². The van der Waals surface area contributed by atoms with E-state index in [0.29, 0.717) is 0 Å². The van der Waals surface area contributed by atoms with Crippen LogP contribution in [0.15, 0.2) is 12.1 Å². The van der Waals surface area contributed by atoms with Gasteiger partial charge in [-0.3, -0.25) is 0 Å². The molecule has 0 aliphatic rings. The molecule has 0 bridgehead atoms. The number of halogens is 4. The van der Waals surface area contributed by atoms with Gasteiger partial charge in [0.25, 0.3) is 0 Å². The van der Waals surface area contributed by atoms with E-state index < -0.39 is 11.7 Å². The van der Waals surface area contributed by atoms with E-state index in [1.165, 1.54) is 13.0 Å². The van der Waals surface area contributed by atoms with Crippen molar-refractivity contribution in [3.8, 4) is 0 Å². The van der Waals surface area contributed by atoms with Crippen LogP contribution in [0.1, 0.15) is 11.1 Å². The molecule has 5 heteroatoms. The predicted molar refractivity (Wildman–Crippen MR) is 45.6 cm³/mol. The number of anilines is 1. The molecular weight excluding hydrogens is 203 g/mol. The van der Waals surface area contributed by atoms with Gasteiger partial charge in [-0.1, -0.05) is 11.6 Å². The molecule has 2 N–H and O–H groups in total. The third kappa shape index (κ3) is 2.06. The van der Waals surface area contributed by atoms with Crippen LogP contribution in [0, 0.1) is 6.92 Å². The first kappa shape index (κ1) is 10.2. The first-order chi connectivity index (χ1) is 5.82. The minimum Gasteiger partial charge on any atom is -0.398 e. The molecule has 0 aromatic heterocycles. The van der Waals surface area contributed by atoms with Crippen LogP contribution in [0.3, 0.4) is 0 Å². The van der Waals surface area contributed by atoms with E-state index in [4.69, 9.17) is 17.3 Å². The van der Waals surface area contributed by atoms with Crippen LogP contribution < -0.4 is 5.73 Å². The van der Waals surface area contributed by atoms with Crippen LogP contribution in [0.25, 0.3) is 0 Å². The summed E-state index contributed by atoms with van der Waals surface area (Å²) in [7, 11) is 0. The lowest BCUT2D eigenvalue weighted by atomic mass is 10.1. The molecule has 1 aromatic carbocycles. The first-order valence-electron chi connectivity index (χ1n) is 3.45. The van der Waals surface area contributed by atoms with Crippen molar-refractivity contribution < 1.29 is 13.2 Å². The van der Waals surface area contributed by atoms with Crippen LogP contribution in [0.4, 0.5) is 18.9 Å². The van der Waals surface area contributed by atoms with E-state index in [1.54, 1.807) is 0 Å². The van der Waals surface area contributed by atoms with Crippen molar-refractivity contribution in [1.82, 2.24) is 0 Å². The molecule has 0 atom stereocenters. The molecule has 0 fully saturated rings. The van der Waals surface area contributed by atoms with E-state index in [2.05, 4.69) is 0 Å². The molecule has 72 valence electrons. The third-order valence-corrected chi connectivity index (χ3v) is 1.98. The number of nitrogen functional groups attached to an aromatic ring is 1. The lowest BCUT2D eigenvalue weighted by Crippen LogP contribution is -2.08. The topological polar surface area (TPSA) is 26.0 Å². The van der Waals surface area contributed by atoms with E-state index >= 15 is 0 Å². The van der Waals surface area contributed by atoms with E-state index in [0.717, 1.165) is 6.07 Å². The summed E-state index contributed by atoms with van der Waals surface area (Å²) >= 11 is 5.54. The van der Waals surface area contributed by atoms with Crippen molar-refractivity contribution in [3.05, 3.63) is 28.3 Å². The Hall–Kier alpha value is -0.900. The van der Waals surface area contributed by atoms with Crippen LogP contribution >= 0.6 is 11.6 Å². The molecule has 0 unspecified atom stereocenters. The van der Waals surface area contributed by atoms with Crippen molar-refractivity contribution in [2.24, 2.45) is 0 Å². The van der Waals surface area contributed by atoms with Crippen molar-refractivity contribution in [2.45, 2.75) is 13.1 Å². The number of benzene rings is 1. The normalized spacial score (nSPS) is 11.8. The molecule has 0 saturated carbocycles. The van der Waals surface area contributed by atoms with Gasteiger partial charge in [0.05, 0.1) is 16.3 Å². The van der Waals surface area contributed by atoms with E-state index in [1.807, 2.05) is 0 Å². The summed E-state index contributed by atoms with van der Waals surface area (Å²) in [4.78, 5) is 0. The summed E-state index contributed by atoms with van der Waals surface area (Å²) < 4.78 is 36.8. The van der Waals surface area contributed by atoms with Crippen LogP contribution in [0.5, 0.6) is 0 Å². The lowest BCUT2D eigenvalue weighted by Gasteiger charge is -2.11. The van der Waals surface area contributed by atoms with Gasteiger partial charge in [-0.05, 0) is 24.6 Å². The largest absolute Gasteiger partial charge is 0.416 e. The van der Waals surface area contributed by atoms with Crippen LogP contribution in [0.2, 0.25) is 5.02 Å². The Morgan fingerprint density at radius 3 is 2.31 bits per heavy atom. The Labute approximate surface area is 78.3 Å². The van der Waals surface area contributed by atoms with Gasteiger partial charge in [-0.25, -0.2) is 0 Å². The summed E-state index contributed by atoms with van der Waals surface area (Å²) in [6.07, 6.45) is -4.37. The van der Waals surface area contributed by atoms with Gasteiger partial charge in [-0.2, -0.15) is 13.2 Å². The van der Waals surface area contributed by atoms with Gasteiger partial charge in [0.1, 0.15) is 0 Å². The number of nitrogens with two attached hydrogens (primary N) is 1. The summed E-state index contributed by atoms with van der Waals surface area (Å²) in [5.74, 6) is 0. The smallest absolute Gasteiger partial charge is 0.398 e. The molecule has 0 aliphatic carbocycles. The molecular formula is C8H7ClF3N. The minimum atomic E-state index is -4.37. The number of hydrogen-bond donors (Lipinski definition) is 1. The Bertz CT molecular complexity index is 333. The van der Waals surface area contributed by atoms with Crippen LogP contribution in [-0.2, 0) is 6.18 Å². The molecule has 1 nitrogen and oxygen atoms in total. The van der Waals surface area contributed by atoms with E-state index in [9.17, 15) is 13.2 Å². The fourth-order valence-electron chi connectivity index (χ4n) is 0.995. The zero-order chi connectivity index (χ0) is 10.2. The predicted octanol–water partition coefficient (Wildman–Crippen LogP) is 3.25. The number of rotatable bonds is 0. The molecule has 0 aliphatic heterocycles. The molecule has 1 aromatic rings. The van der Waals surface area contributed by atoms with Gasteiger partial charge in [0, 0.05) is 0 Å². The summed E-state index contributed by atoms with van der Waals surface area (Å²) in [5, 5.41) is 0.144. The highest BCUT2D eigenvalue weighted by Gasteiger charge is 2.32. The SMILES string of the molecule is Cc1cc(Cl)c(N)cc1C(F)(F)F. The maximum absolute atomic E-state index is 12.3. The Kier molecular flexibility index (Phi) is 2.43. The van der Waals surface area contributed by atoms with Crippen molar-refractivity contribution in [3.63, 3.8) is 0 Å². The quantitative estimate of drug-likeness (QED) is 0.652. The van der Waals surface area contributed by atoms with E-state index in [-0.39, 0.29) is 16.3 Å². The second kappa shape index (κ2) is 3.10. The Balaban J connectivity index is 3.32. The molecule has 0 saturated heterocycles. The number of alkyl halides is 3. The minimum absolute atomic E-state index is 0.0559. The molecule has 1 rings (SSSR count). The van der Waals surface area contributed by atoms with Crippen molar-refractivity contribution >= 4 is 17.3 Å². The second-order valence-corrected chi connectivity index (χ2v) is 3.09. The first-order valence-corrected chi connectivity index (χ1v) is 3.83. The lowest BCUT2D eigenvalue weighted by molar-refractivity contribution is -0.138. The Morgan fingerprint density at radius 2 is 1.85 bits per heavy atom. The van der Waals surface area contributed by atoms with Crippen molar-refractivity contribution in [2.75, 3.05) is 5.73 Å². The highest BCUT2D eigenvalue weighted by Crippen LogP contribution is 2.35. The average Bonchev–Trinajstić information content (AvgIpc) is 1.94. The highest BCUT2D eigenvalue weighted by atomic mass is 35.5. The van der Waals surface area contributed by atoms with Crippen molar-refractivity contribution in [1.29, 1.82) is 0 Å². The number of hydrogen-bond acceptors (Lipinski definition) is 1. The van der Waals surface area contributed by atoms with Gasteiger partial charge in [-0.15, -0.1) is 0 Å². The van der Waals surface area contributed by atoms with Gasteiger partial charge >= 0.3 is 6.18 Å². The molecule has 0 heterocycles. The highest BCUT2D eigenvalue weighted by molar-refractivity contribution is 6.33. The zero-order valence-corrected chi connectivity index (χ0v) is 7.50. The molecule has 0 radical (unpaired) electrons. The molecule has 0 spiro atoms. The van der Waals surface area contributed by atoms with Crippen LogP contribution in [-0.4, -0.2) is 0 Å². The summed E-state index contributed by atoms with van der Waals surface area (Å²) in [5.41, 5.74) is 4.53. The third-order valence-electron chi connectivity index (χ3n) is 1.65. The number of aryl methyl sites for hydroxylation is 1. The maximum Gasteiger partial charge on any atom is 0.416 e. The molecule has 0 amide bonds. The van der Waals surface area contributed by atoms with Gasteiger partial charge in [0.15, 0.2) is 0 Å². The molecule has 13 heavy (non-hydrogen) atoms. The summed E-state index contributed by atoms with van der Waals surface area (Å²) in [6.45, 7) is 1.34. The Morgan fingerprint density at radius 1 is 1.31 bits per heavy atom. The monoisotopic (exact) mass is 209 g/mol. The summed E-state index contributed by atoms with van der Waals surface area (Å²) in [6, 6.07) is 2.05. The standard InChI is InChI=1S/C8H7ClF3N/c1-4-2-6(9)7(13)3-5(4)8(10,11)12/h2-3H,13H2,1H3. The fourth-order valence-corrected chi connectivity index (χ4v) is 1.21. The second-order valence-electron chi connectivity index (χ2n) is 2.69.